The molecular weight excluding hydrogens is 378 g/mol. The molecule has 1 fully saturated rings. The van der Waals surface area contributed by atoms with Crippen molar-refractivity contribution < 1.29 is 33.7 Å². The van der Waals surface area contributed by atoms with Crippen molar-refractivity contribution in [2.45, 2.75) is 51.2 Å². The predicted molar refractivity (Wildman–Crippen MR) is 104 cm³/mol. The van der Waals surface area contributed by atoms with Crippen molar-refractivity contribution in [3.05, 3.63) is 29.8 Å². The largest absolute Gasteiger partial charge is 0.497 e. The lowest BCUT2D eigenvalue weighted by atomic mass is 9.68. The number of benzene rings is 1. The second-order valence-corrected chi connectivity index (χ2v) is 7.92. The summed E-state index contributed by atoms with van der Waals surface area (Å²) in [5, 5.41) is 12.5. The van der Waals surface area contributed by atoms with E-state index < -0.39 is 47.4 Å². The molecule has 1 aliphatic rings. The van der Waals surface area contributed by atoms with Crippen LogP contribution < -0.4 is 10.1 Å². The summed E-state index contributed by atoms with van der Waals surface area (Å²) < 4.78 is 15.8. The lowest BCUT2D eigenvalue weighted by molar-refractivity contribution is -0.159. The number of hydrogen-bond donors (Lipinski definition) is 2. The highest BCUT2D eigenvalue weighted by molar-refractivity contribution is 6.11. The number of methoxy groups -OCH3 is 1. The molecule has 2 N–H and O–H groups in total. The molecule has 3 atom stereocenters. The van der Waals surface area contributed by atoms with Gasteiger partial charge in [-0.05, 0) is 45.4 Å². The second-order valence-electron chi connectivity index (χ2n) is 7.92. The van der Waals surface area contributed by atoms with E-state index in [1.54, 1.807) is 52.0 Å². The van der Waals surface area contributed by atoms with Gasteiger partial charge in [0.1, 0.15) is 11.4 Å². The van der Waals surface area contributed by atoms with Gasteiger partial charge in [-0.15, -0.1) is 0 Å². The van der Waals surface area contributed by atoms with Crippen LogP contribution in [0.25, 0.3) is 0 Å². The topological polar surface area (TPSA) is 111 Å². The van der Waals surface area contributed by atoms with Crippen LogP contribution in [-0.4, -0.2) is 54.9 Å². The van der Waals surface area contributed by atoms with Crippen LogP contribution >= 0.6 is 0 Å². The fourth-order valence-electron chi connectivity index (χ4n) is 3.69. The molecule has 1 heterocycles. The molecule has 2 rings (SSSR count). The molecule has 160 valence electrons. The molecule has 1 aliphatic heterocycles. The summed E-state index contributed by atoms with van der Waals surface area (Å²) in [4.78, 5) is 38.8. The van der Waals surface area contributed by atoms with Crippen LogP contribution in [0.4, 0.5) is 0 Å². The van der Waals surface area contributed by atoms with Crippen LogP contribution in [-0.2, 0) is 29.3 Å². The van der Waals surface area contributed by atoms with Crippen molar-refractivity contribution in [1.29, 1.82) is 0 Å². The molecule has 1 aromatic rings. The number of carbonyl (C=O) groups is 3. The Kier molecular flexibility index (Phi) is 6.89. The Morgan fingerprint density at radius 2 is 1.83 bits per heavy atom. The number of esters is 2. The van der Waals surface area contributed by atoms with Crippen LogP contribution in [0.5, 0.6) is 5.75 Å². The average Bonchev–Trinajstić information content (AvgIpc) is 2.92. The number of aliphatic hydroxyl groups is 1. The van der Waals surface area contributed by atoms with Gasteiger partial charge in [0.2, 0.25) is 5.91 Å². The maximum Gasteiger partial charge on any atom is 0.326 e. The molecule has 0 radical (unpaired) electrons. The van der Waals surface area contributed by atoms with E-state index >= 15 is 0 Å². The summed E-state index contributed by atoms with van der Waals surface area (Å²) >= 11 is 0. The Balaban J connectivity index is 2.57. The Morgan fingerprint density at radius 3 is 2.31 bits per heavy atom. The maximum absolute atomic E-state index is 13.1. The van der Waals surface area contributed by atoms with Crippen LogP contribution in [0, 0.1) is 5.92 Å². The van der Waals surface area contributed by atoms with Crippen molar-refractivity contribution in [2.75, 3.05) is 20.3 Å². The summed E-state index contributed by atoms with van der Waals surface area (Å²) in [7, 11) is 1.51. The molecule has 0 aliphatic carbocycles. The lowest BCUT2D eigenvalue weighted by Crippen LogP contribution is -2.49. The van der Waals surface area contributed by atoms with E-state index in [1.807, 2.05) is 0 Å². The summed E-state index contributed by atoms with van der Waals surface area (Å²) in [6.45, 7) is 6.46. The van der Waals surface area contributed by atoms with E-state index in [0.29, 0.717) is 11.3 Å². The van der Waals surface area contributed by atoms with Crippen molar-refractivity contribution in [3.8, 4) is 5.75 Å². The summed E-state index contributed by atoms with van der Waals surface area (Å²) in [5.74, 6) is -2.30. The first kappa shape index (κ1) is 22.7. The maximum atomic E-state index is 13.1. The van der Waals surface area contributed by atoms with Gasteiger partial charge in [-0.1, -0.05) is 12.1 Å². The zero-order valence-electron chi connectivity index (χ0n) is 17.5. The molecule has 1 amide bonds. The average molecular weight is 407 g/mol. The van der Waals surface area contributed by atoms with Crippen molar-refractivity contribution in [3.63, 3.8) is 0 Å². The van der Waals surface area contributed by atoms with Crippen LogP contribution in [0.3, 0.4) is 0 Å². The number of nitrogens with one attached hydrogen (secondary N) is 1. The van der Waals surface area contributed by atoms with Crippen molar-refractivity contribution in [2.24, 2.45) is 5.92 Å². The summed E-state index contributed by atoms with van der Waals surface area (Å²) in [6.07, 6.45) is -0.244. The van der Waals surface area contributed by atoms with E-state index in [1.165, 1.54) is 7.11 Å². The molecule has 8 heteroatoms. The number of ether oxygens (including phenoxy) is 3. The number of hydrogen-bond acceptors (Lipinski definition) is 7. The zero-order chi connectivity index (χ0) is 21.8. The van der Waals surface area contributed by atoms with Gasteiger partial charge >= 0.3 is 11.9 Å². The van der Waals surface area contributed by atoms with Gasteiger partial charge in [0.25, 0.3) is 0 Å². The fourth-order valence-corrected chi connectivity index (χ4v) is 3.69. The Hall–Kier alpha value is -2.61. The molecule has 1 aromatic carbocycles. The molecule has 29 heavy (non-hydrogen) atoms. The van der Waals surface area contributed by atoms with E-state index in [4.69, 9.17) is 14.2 Å². The third-order valence-electron chi connectivity index (χ3n) is 4.86. The lowest BCUT2D eigenvalue weighted by Gasteiger charge is -2.32. The fraction of sp³-hybridized carbons (Fsp3) is 0.571. The standard InChI is InChI=1S/C21H29NO7/c1-6-28-19(26)21(13-7-9-14(27-5)10-8-13)15(16(12-23)22-18(21)25)11-17(24)29-20(2,3)4/h7-10,15-16,23H,6,11-12H2,1-5H3,(H,22,25)/t15-,16-,21+/m1/s1. The van der Waals surface area contributed by atoms with Gasteiger partial charge < -0.3 is 24.6 Å². The van der Waals surface area contributed by atoms with Gasteiger partial charge in [-0.3, -0.25) is 14.4 Å². The van der Waals surface area contributed by atoms with E-state index in [-0.39, 0.29) is 13.0 Å². The zero-order valence-corrected chi connectivity index (χ0v) is 17.5. The Labute approximate surface area is 170 Å². The quantitative estimate of drug-likeness (QED) is 0.518. The highest BCUT2D eigenvalue weighted by Gasteiger charge is 2.62. The first-order valence-electron chi connectivity index (χ1n) is 9.55. The van der Waals surface area contributed by atoms with E-state index in [0.717, 1.165) is 0 Å². The minimum atomic E-state index is -1.79. The minimum Gasteiger partial charge on any atom is -0.497 e. The highest BCUT2D eigenvalue weighted by Crippen LogP contribution is 2.43. The van der Waals surface area contributed by atoms with Crippen molar-refractivity contribution in [1.82, 2.24) is 5.32 Å². The van der Waals surface area contributed by atoms with E-state index in [9.17, 15) is 19.5 Å². The van der Waals surface area contributed by atoms with Gasteiger partial charge in [-0.25, -0.2) is 0 Å². The van der Waals surface area contributed by atoms with Gasteiger partial charge in [0, 0.05) is 5.92 Å². The minimum absolute atomic E-state index is 0.0625. The number of amides is 1. The predicted octanol–water partition coefficient (Wildman–Crippen LogP) is 1.33. The second kappa shape index (κ2) is 8.82. The molecule has 1 saturated heterocycles. The smallest absolute Gasteiger partial charge is 0.326 e. The molecule has 0 aromatic heterocycles. The van der Waals surface area contributed by atoms with Gasteiger partial charge in [0.15, 0.2) is 5.41 Å². The third-order valence-corrected chi connectivity index (χ3v) is 4.86. The first-order valence-corrected chi connectivity index (χ1v) is 9.55. The van der Waals surface area contributed by atoms with E-state index in [2.05, 4.69) is 5.32 Å². The third kappa shape index (κ3) is 4.53. The SMILES string of the molecule is CCOC(=O)[C@]1(c2ccc(OC)cc2)C(=O)N[C@H](CO)[C@H]1CC(=O)OC(C)(C)C. The van der Waals surface area contributed by atoms with Crippen LogP contribution in [0.2, 0.25) is 0 Å². The number of carbonyl (C=O) groups excluding carboxylic acids is 3. The van der Waals surface area contributed by atoms with Crippen LogP contribution in [0.15, 0.2) is 24.3 Å². The number of aliphatic hydroxyl groups excluding tert-OH is 1. The molecular formula is C21H29NO7. The molecule has 0 unspecified atom stereocenters. The van der Waals surface area contributed by atoms with Crippen LogP contribution in [0.1, 0.15) is 39.7 Å². The summed E-state index contributed by atoms with van der Waals surface area (Å²) in [5.41, 5.74) is -2.15. The molecule has 0 bridgehead atoms. The monoisotopic (exact) mass is 407 g/mol. The summed E-state index contributed by atoms with van der Waals surface area (Å²) in [6, 6.07) is 5.64. The normalized spacial score (nSPS) is 24.0. The van der Waals surface area contributed by atoms with Crippen molar-refractivity contribution >= 4 is 17.8 Å². The highest BCUT2D eigenvalue weighted by atomic mass is 16.6. The van der Waals surface area contributed by atoms with Gasteiger partial charge in [-0.2, -0.15) is 0 Å². The molecule has 8 nitrogen and oxygen atoms in total. The number of rotatable bonds is 7. The molecule has 0 saturated carbocycles. The Bertz CT molecular complexity index is 753. The van der Waals surface area contributed by atoms with Gasteiger partial charge in [0.05, 0.1) is 32.8 Å². The Morgan fingerprint density at radius 1 is 1.21 bits per heavy atom. The first-order chi connectivity index (χ1) is 13.6. The molecule has 0 spiro atoms.